The summed E-state index contributed by atoms with van der Waals surface area (Å²) in [7, 11) is 1.59. The minimum absolute atomic E-state index is 0.227. The van der Waals surface area contributed by atoms with Crippen LogP contribution in [-0.2, 0) is 6.42 Å². The molecule has 3 heterocycles. The molecule has 0 unspecified atom stereocenters. The first kappa shape index (κ1) is 21.9. The van der Waals surface area contributed by atoms with Crippen molar-refractivity contribution in [1.82, 2.24) is 9.58 Å². The van der Waals surface area contributed by atoms with Crippen LogP contribution in [0.15, 0.2) is 23.1 Å². The molecule has 0 bridgehead atoms. The van der Waals surface area contributed by atoms with Gasteiger partial charge < -0.3 is 10.0 Å². The van der Waals surface area contributed by atoms with Crippen LogP contribution < -0.4 is 10.4 Å². The Hall–Kier alpha value is -3.30. The van der Waals surface area contributed by atoms with Crippen molar-refractivity contribution < 1.29 is 27.9 Å². The summed E-state index contributed by atoms with van der Waals surface area (Å²) >= 11 is 0. The van der Waals surface area contributed by atoms with Gasteiger partial charge in [-0.15, -0.1) is 0 Å². The number of benzene rings is 1. The number of Topliss-reactive ketones (excluding diaryl/α,β-unsaturated/α-hetero) is 1. The number of amides is 1. The third-order valence-corrected chi connectivity index (χ3v) is 6.18. The Balaban J connectivity index is 1.70. The zero-order chi connectivity index (χ0) is 23.3. The van der Waals surface area contributed by atoms with Crippen LogP contribution in [0.1, 0.15) is 52.6 Å². The molecule has 32 heavy (non-hydrogen) atoms. The van der Waals surface area contributed by atoms with Crippen LogP contribution >= 0.6 is 0 Å². The van der Waals surface area contributed by atoms with Crippen LogP contribution in [0.4, 0.5) is 13.2 Å². The van der Waals surface area contributed by atoms with E-state index in [1.165, 1.54) is 15.8 Å². The molecule has 10 heteroatoms. The molecule has 2 aliphatic heterocycles. The molecule has 0 saturated carbocycles. The van der Waals surface area contributed by atoms with Crippen LogP contribution in [0.5, 0.6) is 5.75 Å². The van der Waals surface area contributed by atoms with E-state index < -0.39 is 58.7 Å². The first-order valence-electron chi connectivity index (χ1n) is 10.3. The zero-order valence-corrected chi connectivity index (χ0v) is 17.6. The quantitative estimate of drug-likeness (QED) is 0.726. The fourth-order valence-corrected chi connectivity index (χ4v) is 4.42. The van der Waals surface area contributed by atoms with Gasteiger partial charge in [0.2, 0.25) is 5.43 Å². The van der Waals surface area contributed by atoms with Gasteiger partial charge in [-0.25, -0.2) is 13.2 Å². The average molecular weight is 449 g/mol. The number of nitrogens with zero attached hydrogens (tertiary/aromatic N) is 3. The van der Waals surface area contributed by atoms with Crippen LogP contribution in [0.3, 0.4) is 0 Å². The predicted molar refractivity (Wildman–Crippen MR) is 109 cm³/mol. The second kappa shape index (κ2) is 7.99. The van der Waals surface area contributed by atoms with Crippen LogP contribution in [-0.4, -0.2) is 46.1 Å². The lowest BCUT2D eigenvalue weighted by Crippen LogP contribution is -2.63. The van der Waals surface area contributed by atoms with E-state index in [-0.39, 0.29) is 23.3 Å². The molecule has 4 rings (SSSR count). The molecule has 1 saturated heterocycles. The second-order valence-electron chi connectivity index (χ2n) is 8.39. The summed E-state index contributed by atoms with van der Waals surface area (Å²) < 4.78 is 42.2. The van der Waals surface area contributed by atoms with E-state index >= 15 is 0 Å². The summed E-state index contributed by atoms with van der Waals surface area (Å²) in [4.78, 5) is 39.7. The number of aromatic hydroxyl groups is 1. The van der Waals surface area contributed by atoms with Crippen LogP contribution in [0.25, 0.3) is 0 Å². The standard InChI is InChI=1S/C22H22F3N3O4/c1-11-3-6-18-26(2)22(32)19-21(31)20(30)14(10-28(19)27(18)9-11)17(29)5-4-13-15(24)7-12(23)8-16(13)25/h7-8,10-11,18,31H,3-6,9H2,1-2H3/t11-,18-/m0/s1. The highest BCUT2D eigenvalue weighted by molar-refractivity contribution is 6.00. The fourth-order valence-electron chi connectivity index (χ4n) is 4.42. The third kappa shape index (κ3) is 3.53. The van der Waals surface area contributed by atoms with Gasteiger partial charge in [0.15, 0.2) is 17.2 Å². The lowest BCUT2D eigenvalue weighted by Gasteiger charge is -2.49. The Morgan fingerprint density at radius 1 is 1.16 bits per heavy atom. The Labute approximate surface area is 181 Å². The van der Waals surface area contributed by atoms with Crippen molar-refractivity contribution in [2.24, 2.45) is 5.92 Å². The minimum Gasteiger partial charge on any atom is -0.502 e. The minimum atomic E-state index is -1.13. The highest BCUT2D eigenvalue weighted by atomic mass is 19.1. The van der Waals surface area contributed by atoms with Crippen molar-refractivity contribution in [2.45, 2.75) is 38.8 Å². The van der Waals surface area contributed by atoms with Crippen molar-refractivity contribution in [1.29, 1.82) is 0 Å². The number of ketones is 1. The van der Waals surface area contributed by atoms with Crippen molar-refractivity contribution in [3.63, 3.8) is 0 Å². The molecule has 170 valence electrons. The first-order valence-corrected chi connectivity index (χ1v) is 10.3. The Morgan fingerprint density at radius 2 is 1.81 bits per heavy atom. The van der Waals surface area contributed by atoms with Gasteiger partial charge in [0, 0.05) is 43.9 Å². The predicted octanol–water partition coefficient (Wildman–Crippen LogP) is 2.57. The van der Waals surface area contributed by atoms with E-state index in [0.717, 1.165) is 6.42 Å². The molecule has 0 spiro atoms. The smallest absolute Gasteiger partial charge is 0.277 e. The fraction of sp³-hybridized carbons (Fsp3) is 0.409. The maximum atomic E-state index is 13.9. The molecular weight excluding hydrogens is 427 g/mol. The molecule has 1 amide bonds. The highest BCUT2D eigenvalue weighted by Gasteiger charge is 2.41. The largest absolute Gasteiger partial charge is 0.502 e. The van der Waals surface area contributed by atoms with E-state index in [9.17, 15) is 32.7 Å². The van der Waals surface area contributed by atoms with Crippen LogP contribution in [0.2, 0.25) is 0 Å². The number of fused-ring (bicyclic) bond motifs is 3. The number of halogens is 3. The summed E-state index contributed by atoms with van der Waals surface area (Å²) in [5.74, 6) is -5.18. The number of hydrogen-bond donors (Lipinski definition) is 1. The van der Waals surface area contributed by atoms with Crippen LogP contribution in [0, 0.1) is 23.4 Å². The van der Waals surface area contributed by atoms with E-state index in [1.54, 1.807) is 7.05 Å². The third-order valence-electron chi connectivity index (χ3n) is 6.18. The monoisotopic (exact) mass is 449 g/mol. The van der Waals surface area contributed by atoms with Gasteiger partial charge in [0.25, 0.3) is 5.91 Å². The van der Waals surface area contributed by atoms with Crippen molar-refractivity contribution >= 4 is 11.7 Å². The van der Waals surface area contributed by atoms with Gasteiger partial charge in [0.1, 0.15) is 23.6 Å². The number of aromatic nitrogens is 1. The molecule has 0 radical (unpaired) electrons. The molecule has 1 fully saturated rings. The summed E-state index contributed by atoms with van der Waals surface area (Å²) in [6.45, 7) is 2.57. The zero-order valence-electron chi connectivity index (χ0n) is 17.6. The molecule has 2 atom stereocenters. The Bertz CT molecular complexity index is 1160. The SMILES string of the molecule is C[C@H]1CC[C@H]2N(C)C(=O)c3c(O)c(=O)c(C(=O)CCc4c(F)cc(F)cc4F)cn3N2C1. The lowest BCUT2D eigenvalue weighted by molar-refractivity contribution is 0.0566. The van der Waals surface area contributed by atoms with Gasteiger partial charge in [-0.1, -0.05) is 6.92 Å². The van der Waals surface area contributed by atoms with E-state index in [4.69, 9.17) is 0 Å². The summed E-state index contributed by atoms with van der Waals surface area (Å²) in [5, 5.41) is 12.3. The lowest BCUT2D eigenvalue weighted by atomic mass is 9.97. The molecule has 1 aromatic heterocycles. The highest BCUT2D eigenvalue weighted by Crippen LogP contribution is 2.30. The molecule has 1 aromatic carbocycles. The van der Waals surface area contributed by atoms with Gasteiger partial charge in [-0.2, -0.15) is 0 Å². The maximum Gasteiger partial charge on any atom is 0.277 e. The van der Waals surface area contributed by atoms with E-state index in [0.29, 0.717) is 25.1 Å². The van der Waals surface area contributed by atoms with Crippen molar-refractivity contribution in [2.75, 3.05) is 18.6 Å². The number of piperidine rings is 1. The van der Waals surface area contributed by atoms with Gasteiger partial charge >= 0.3 is 0 Å². The first-order chi connectivity index (χ1) is 15.1. The Kier molecular flexibility index (Phi) is 5.47. The second-order valence-corrected chi connectivity index (χ2v) is 8.39. The molecule has 1 N–H and O–H groups in total. The molecule has 7 nitrogen and oxygen atoms in total. The molecule has 0 aliphatic carbocycles. The number of carbonyl (C=O) groups is 2. The summed E-state index contributed by atoms with van der Waals surface area (Å²) in [6.07, 6.45) is 1.65. The van der Waals surface area contributed by atoms with E-state index in [2.05, 4.69) is 0 Å². The van der Waals surface area contributed by atoms with Gasteiger partial charge in [-0.05, 0) is 25.2 Å². The Morgan fingerprint density at radius 3 is 2.47 bits per heavy atom. The maximum absolute atomic E-state index is 13.9. The topological polar surface area (TPSA) is 82.9 Å². The number of rotatable bonds is 4. The van der Waals surface area contributed by atoms with Crippen molar-refractivity contribution in [3.05, 3.63) is 62.8 Å². The summed E-state index contributed by atoms with van der Waals surface area (Å²) in [5.41, 5.74) is -2.10. The number of pyridine rings is 1. The average Bonchev–Trinajstić information content (AvgIpc) is 2.72. The normalized spacial score (nSPS) is 20.2. The van der Waals surface area contributed by atoms with Gasteiger partial charge in [-0.3, -0.25) is 24.1 Å². The number of hydrogen-bond acceptors (Lipinski definition) is 5. The number of carbonyl (C=O) groups excluding carboxylic acids is 2. The molecule has 2 aliphatic rings. The molecular formula is C22H22F3N3O4. The molecule has 2 aromatic rings. The summed E-state index contributed by atoms with van der Waals surface area (Å²) in [6, 6.07) is 1.03. The van der Waals surface area contributed by atoms with E-state index in [1.807, 2.05) is 11.9 Å². The van der Waals surface area contributed by atoms with Crippen molar-refractivity contribution in [3.8, 4) is 5.75 Å². The van der Waals surface area contributed by atoms with Gasteiger partial charge in [0.05, 0.1) is 5.56 Å².